The molecule has 1 fully saturated rings. The number of carbonyl (C=O) groups is 1. The fourth-order valence-electron chi connectivity index (χ4n) is 2.94. The Bertz CT molecular complexity index is 908. The van der Waals surface area contributed by atoms with Gasteiger partial charge < -0.3 is 9.80 Å². The van der Waals surface area contributed by atoms with Gasteiger partial charge in [-0.05, 0) is 26.0 Å². The van der Waals surface area contributed by atoms with Crippen molar-refractivity contribution in [1.82, 2.24) is 24.9 Å². The number of aryl methyl sites for hydroxylation is 2. The molecule has 134 valence electrons. The number of carbonyl (C=O) groups excluding carboxylic acids is 1. The summed E-state index contributed by atoms with van der Waals surface area (Å²) in [5, 5.41) is 11.2. The maximum atomic E-state index is 12.7. The molecule has 0 unspecified atom stereocenters. The molecule has 2 aromatic heterocycles. The minimum Gasteiger partial charge on any atom is -0.345 e. The lowest BCUT2D eigenvalue weighted by molar-refractivity contribution is 0.0740. The SMILES string of the molecule is Cc1ccc(-n2cc(C(=O)N3CCN(c4nc(C)cs4)CC3)nn2)cc1. The van der Waals surface area contributed by atoms with Crippen molar-refractivity contribution in [2.45, 2.75) is 13.8 Å². The summed E-state index contributed by atoms with van der Waals surface area (Å²) in [7, 11) is 0. The third kappa shape index (κ3) is 3.32. The van der Waals surface area contributed by atoms with E-state index in [0.29, 0.717) is 18.8 Å². The molecule has 26 heavy (non-hydrogen) atoms. The molecule has 1 aliphatic rings. The Morgan fingerprint density at radius 2 is 1.81 bits per heavy atom. The van der Waals surface area contributed by atoms with Gasteiger partial charge in [-0.1, -0.05) is 22.9 Å². The molecule has 3 aromatic rings. The van der Waals surface area contributed by atoms with Crippen LogP contribution in [0, 0.1) is 13.8 Å². The number of hydrogen-bond donors (Lipinski definition) is 0. The molecule has 1 aliphatic heterocycles. The molecule has 1 aromatic carbocycles. The number of nitrogens with zero attached hydrogens (tertiary/aromatic N) is 6. The van der Waals surface area contributed by atoms with Crippen LogP contribution in [-0.4, -0.2) is 57.0 Å². The number of aromatic nitrogens is 4. The second-order valence-corrected chi connectivity index (χ2v) is 7.27. The minimum atomic E-state index is -0.0710. The Balaban J connectivity index is 1.42. The number of piperazine rings is 1. The molecule has 0 bridgehead atoms. The Morgan fingerprint density at radius 3 is 2.46 bits per heavy atom. The predicted octanol–water partition coefficient (Wildman–Crippen LogP) is 2.30. The van der Waals surface area contributed by atoms with Gasteiger partial charge in [0.1, 0.15) is 0 Å². The van der Waals surface area contributed by atoms with Crippen molar-refractivity contribution in [2.75, 3.05) is 31.1 Å². The van der Waals surface area contributed by atoms with Crippen LogP contribution in [0.3, 0.4) is 0 Å². The van der Waals surface area contributed by atoms with Gasteiger partial charge in [0, 0.05) is 31.6 Å². The van der Waals surface area contributed by atoms with Gasteiger partial charge in [-0.15, -0.1) is 16.4 Å². The smallest absolute Gasteiger partial charge is 0.276 e. The van der Waals surface area contributed by atoms with E-state index in [1.807, 2.05) is 43.0 Å². The normalized spacial score (nSPS) is 14.7. The van der Waals surface area contributed by atoms with Crippen molar-refractivity contribution in [1.29, 1.82) is 0 Å². The van der Waals surface area contributed by atoms with E-state index in [9.17, 15) is 4.79 Å². The highest BCUT2D eigenvalue weighted by Crippen LogP contribution is 2.21. The van der Waals surface area contributed by atoms with Gasteiger partial charge in [0.2, 0.25) is 0 Å². The first-order valence-electron chi connectivity index (χ1n) is 8.56. The van der Waals surface area contributed by atoms with Crippen LogP contribution < -0.4 is 4.90 Å². The first kappa shape index (κ1) is 16.7. The van der Waals surface area contributed by atoms with Crippen LogP contribution in [0.4, 0.5) is 5.13 Å². The molecule has 1 amide bonds. The molecule has 0 spiro atoms. The number of rotatable bonds is 3. The number of hydrogen-bond acceptors (Lipinski definition) is 6. The zero-order valence-corrected chi connectivity index (χ0v) is 15.6. The van der Waals surface area contributed by atoms with E-state index in [2.05, 4.69) is 25.6 Å². The van der Waals surface area contributed by atoms with E-state index in [4.69, 9.17) is 0 Å². The van der Waals surface area contributed by atoms with Crippen molar-refractivity contribution in [3.05, 3.63) is 52.8 Å². The first-order valence-corrected chi connectivity index (χ1v) is 9.44. The Morgan fingerprint density at radius 1 is 1.08 bits per heavy atom. The van der Waals surface area contributed by atoms with Crippen LogP contribution in [0.25, 0.3) is 5.69 Å². The molecule has 0 saturated carbocycles. The first-order chi connectivity index (χ1) is 12.6. The summed E-state index contributed by atoms with van der Waals surface area (Å²) in [5.74, 6) is -0.0710. The van der Waals surface area contributed by atoms with Crippen LogP contribution in [-0.2, 0) is 0 Å². The van der Waals surface area contributed by atoms with Gasteiger partial charge in [-0.3, -0.25) is 4.79 Å². The highest BCUT2D eigenvalue weighted by atomic mass is 32.1. The van der Waals surface area contributed by atoms with E-state index < -0.39 is 0 Å². The number of benzene rings is 1. The Hall–Kier alpha value is -2.74. The van der Waals surface area contributed by atoms with E-state index in [1.165, 1.54) is 5.56 Å². The molecule has 8 heteroatoms. The molecule has 0 radical (unpaired) electrons. The van der Waals surface area contributed by atoms with Crippen molar-refractivity contribution in [3.63, 3.8) is 0 Å². The zero-order chi connectivity index (χ0) is 18.1. The van der Waals surface area contributed by atoms with Gasteiger partial charge in [0.25, 0.3) is 5.91 Å². The third-order valence-electron chi connectivity index (χ3n) is 4.46. The minimum absolute atomic E-state index is 0.0710. The molecular formula is C18H20N6OS. The number of amides is 1. The fourth-order valence-corrected chi connectivity index (χ4v) is 3.79. The molecule has 0 atom stereocenters. The number of thiazole rings is 1. The highest BCUT2D eigenvalue weighted by Gasteiger charge is 2.25. The summed E-state index contributed by atoms with van der Waals surface area (Å²) < 4.78 is 1.64. The number of anilines is 1. The van der Waals surface area contributed by atoms with Crippen LogP contribution in [0.1, 0.15) is 21.7 Å². The largest absolute Gasteiger partial charge is 0.345 e. The van der Waals surface area contributed by atoms with Crippen LogP contribution in [0.5, 0.6) is 0 Å². The third-order valence-corrected chi connectivity index (χ3v) is 5.47. The summed E-state index contributed by atoms with van der Waals surface area (Å²) in [6.45, 7) is 6.92. The van der Waals surface area contributed by atoms with Gasteiger partial charge in [0.05, 0.1) is 17.6 Å². The maximum Gasteiger partial charge on any atom is 0.276 e. The lowest BCUT2D eigenvalue weighted by Crippen LogP contribution is -2.48. The quantitative estimate of drug-likeness (QED) is 0.710. The van der Waals surface area contributed by atoms with Gasteiger partial charge in [-0.25, -0.2) is 9.67 Å². The van der Waals surface area contributed by atoms with Gasteiger partial charge >= 0.3 is 0 Å². The van der Waals surface area contributed by atoms with Crippen molar-refractivity contribution < 1.29 is 4.79 Å². The van der Waals surface area contributed by atoms with Gasteiger partial charge in [-0.2, -0.15) is 0 Å². The van der Waals surface area contributed by atoms with E-state index in [1.54, 1.807) is 22.2 Å². The lowest BCUT2D eigenvalue weighted by Gasteiger charge is -2.34. The standard InChI is InChI=1S/C18H20N6OS/c1-13-3-5-15(6-4-13)24-11-16(20-21-24)17(25)22-7-9-23(10-8-22)18-19-14(2)12-26-18/h3-6,11-12H,7-10H2,1-2H3. The molecule has 7 nitrogen and oxygen atoms in total. The molecule has 0 aliphatic carbocycles. The fraction of sp³-hybridized carbons (Fsp3) is 0.333. The maximum absolute atomic E-state index is 12.7. The van der Waals surface area contributed by atoms with E-state index in [0.717, 1.165) is 29.6 Å². The van der Waals surface area contributed by atoms with Crippen molar-refractivity contribution in [2.24, 2.45) is 0 Å². The Kier molecular flexibility index (Phi) is 4.42. The van der Waals surface area contributed by atoms with Crippen LogP contribution in [0.15, 0.2) is 35.8 Å². The zero-order valence-electron chi connectivity index (χ0n) is 14.8. The summed E-state index contributed by atoms with van der Waals surface area (Å²) >= 11 is 1.65. The van der Waals surface area contributed by atoms with Crippen molar-refractivity contribution in [3.8, 4) is 5.69 Å². The molecule has 4 rings (SSSR count). The molecular weight excluding hydrogens is 348 g/mol. The summed E-state index contributed by atoms with van der Waals surface area (Å²) in [4.78, 5) is 21.3. The predicted molar refractivity (Wildman–Crippen MR) is 101 cm³/mol. The second-order valence-electron chi connectivity index (χ2n) is 6.43. The molecule has 1 saturated heterocycles. The molecule has 0 N–H and O–H groups in total. The topological polar surface area (TPSA) is 67.2 Å². The molecule has 3 heterocycles. The summed E-state index contributed by atoms with van der Waals surface area (Å²) in [5.41, 5.74) is 3.49. The average molecular weight is 368 g/mol. The summed E-state index contributed by atoms with van der Waals surface area (Å²) in [6.07, 6.45) is 1.70. The van der Waals surface area contributed by atoms with Crippen LogP contribution >= 0.6 is 11.3 Å². The van der Waals surface area contributed by atoms with Crippen molar-refractivity contribution >= 4 is 22.4 Å². The van der Waals surface area contributed by atoms with Crippen LogP contribution in [0.2, 0.25) is 0 Å². The van der Waals surface area contributed by atoms with E-state index in [-0.39, 0.29) is 5.91 Å². The average Bonchev–Trinajstić information content (AvgIpc) is 3.31. The second kappa shape index (κ2) is 6.87. The van der Waals surface area contributed by atoms with E-state index >= 15 is 0 Å². The Labute approximate surface area is 155 Å². The van der Waals surface area contributed by atoms with Gasteiger partial charge in [0.15, 0.2) is 10.8 Å². The lowest BCUT2D eigenvalue weighted by atomic mass is 10.2. The monoisotopic (exact) mass is 368 g/mol. The highest BCUT2D eigenvalue weighted by molar-refractivity contribution is 7.13. The summed E-state index contributed by atoms with van der Waals surface area (Å²) in [6, 6.07) is 7.95.